The molecule has 1 atom stereocenters. The summed E-state index contributed by atoms with van der Waals surface area (Å²) in [7, 11) is 0. The Bertz CT molecular complexity index is 422. The molecule has 1 fully saturated rings. The number of nitrogens with one attached hydrogen (secondary N) is 1. The molecule has 1 unspecified atom stereocenters. The van der Waals surface area contributed by atoms with Gasteiger partial charge in [0.1, 0.15) is 11.8 Å². The number of nitrogens with zero attached hydrogens (tertiary/aromatic N) is 1. The van der Waals surface area contributed by atoms with E-state index in [0.717, 1.165) is 31.2 Å². The molecule has 17 heavy (non-hydrogen) atoms. The van der Waals surface area contributed by atoms with Gasteiger partial charge < -0.3 is 10.1 Å². The SMILES string of the molecule is N#Cc1ccc(OCCC2CCNC2)cc1Cl. The summed E-state index contributed by atoms with van der Waals surface area (Å²) in [5.41, 5.74) is 0.485. The highest BCUT2D eigenvalue weighted by Gasteiger charge is 2.14. The van der Waals surface area contributed by atoms with Gasteiger partial charge in [-0.15, -0.1) is 0 Å². The number of rotatable bonds is 4. The van der Waals surface area contributed by atoms with Crippen molar-refractivity contribution >= 4 is 11.6 Å². The molecule has 90 valence electrons. The maximum Gasteiger partial charge on any atom is 0.120 e. The van der Waals surface area contributed by atoms with Gasteiger partial charge in [0.15, 0.2) is 0 Å². The lowest BCUT2D eigenvalue weighted by Gasteiger charge is -2.10. The van der Waals surface area contributed by atoms with Gasteiger partial charge in [0.05, 0.1) is 17.2 Å². The molecule has 1 aromatic rings. The van der Waals surface area contributed by atoms with Crippen molar-refractivity contribution in [1.82, 2.24) is 5.32 Å². The molecule has 0 saturated carbocycles. The third kappa shape index (κ3) is 3.36. The summed E-state index contributed by atoms with van der Waals surface area (Å²) >= 11 is 5.92. The molecule has 4 heteroatoms. The van der Waals surface area contributed by atoms with Crippen molar-refractivity contribution in [3.63, 3.8) is 0 Å². The van der Waals surface area contributed by atoms with Crippen molar-refractivity contribution < 1.29 is 4.74 Å². The average Bonchev–Trinajstić information content (AvgIpc) is 2.82. The minimum Gasteiger partial charge on any atom is -0.494 e. The van der Waals surface area contributed by atoms with Crippen molar-refractivity contribution in [3.05, 3.63) is 28.8 Å². The lowest BCUT2D eigenvalue weighted by atomic mass is 10.1. The van der Waals surface area contributed by atoms with Gasteiger partial charge in [0.2, 0.25) is 0 Å². The van der Waals surface area contributed by atoms with Crippen LogP contribution in [0.1, 0.15) is 18.4 Å². The molecule has 0 aromatic heterocycles. The summed E-state index contributed by atoms with van der Waals surface area (Å²) < 4.78 is 5.63. The van der Waals surface area contributed by atoms with E-state index in [-0.39, 0.29) is 0 Å². The van der Waals surface area contributed by atoms with Gasteiger partial charge in [-0.1, -0.05) is 11.6 Å². The summed E-state index contributed by atoms with van der Waals surface area (Å²) in [6.07, 6.45) is 2.29. The van der Waals surface area contributed by atoms with Gasteiger partial charge >= 0.3 is 0 Å². The third-order valence-corrected chi connectivity index (χ3v) is 3.33. The fourth-order valence-electron chi connectivity index (χ4n) is 1.98. The highest BCUT2D eigenvalue weighted by molar-refractivity contribution is 6.31. The summed E-state index contributed by atoms with van der Waals surface area (Å²) in [6.45, 7) is 2.92. The van der Waals surface area contributed by atoms with Crippen molar-refractivity contribution in [1.29, 1.82) is 5.26 Å². The van der Waals surface area contributed by atoms with Crippen LogP contribution < -0.4 is 10.1 Å². The Morgan fingerprint density at radius 2 is 2.41 bits per heavy atom. The molecule has 1 aromatic carbocycles. The molecule has 1 aliphatic rings. The Morgan fingerprint density at radius 1 is 1.53 bits per heavy atom. The van der Waals surface area contributed by atoms with Crippen LogP contribution in [0, 0.1) is 17.2 Å². The number of nitriles is 1. The van der Waals surface area contributed by atoms with Gasteiger partial charge in [-0.2, -0.15) is 5.26 Å². The molecule has 1 heterocycles. The van der Waals surface area contributed by atoms with Crippen molar-refractivity contribution in [2.24, 2.45) is 5.92 Å². The number of hydrogen-bond acceptors (Lipinski definition) is 3. The highest BCUT2D eigenvalue weighted by Crippen LogP contribution is 2.22. The molecule has 0 radical (unpaired) electrons. The largest absolute Gasteiger partial charge is 0.494 e. The predicted molar refractivity (Wildman–Crippen MR) is 67.3 cm³/mol. The van der Waals surface area contributed by atoms with Crippen molar-refractivity contribution in [2.45, 2.75) is 12.8 Å². The van der Waals surface area contributed by atoms with E-state index < -0.39 is 0 Å². The van der Waals surface area contributed by atoms with Gasteiger partial charge in [0, 0.05) is 6.07 Å². The molecular formula is C13H15ClN2O. The molecule has 1 N–H and O–H groups in total. The molecule has 0 spiro atoms. The Hall–Kier alpha value is -1.24. The zero-order chi connectivity index (χ0) is 12.1. The molecule has 1 saturated heterocycles. The standard InChI is InChI=1S/C13H15ClN2O/c14-13-7-12(2-1-11(13)8-15)17-6-4-10-3-5-16-9-10/h1-2,7,10,16H,3-6,9H2. The highest BCUT2D eigenvalue weighted by atomic mass is 35.5. The quantitative estimate of drug-likeness (QED) is 0.893. The summed E-state index contributed by atoms with van der Waals surface area (Å²) in [5, 5.41) is 12.5. The van der Waals surface area contributed by atoms with E-state index in [0.29, 0.717) is 17.2 Å². The van der Waals surface area contributed by atoms with E-state index >= 15 is 0 Å². The molecule has 3 nitrogen and oxygen atoms in total. The van der Waals surface area contributed by atoms with E-state index in [1.165, 1.54) is 6.42 Å². The zero-order valence-electron chi connectivity index (χ0n) is 9.58. The van der Waals surface area contributed by atoms with Crippen molar-refractivity contribution in [3.8, 4) is 11.8 Å². The average molecular weight is 251 g/mol. The topological polar surface area (TPSA) is 45.0 Å². The first-order chi connectivity index (χ1) is 8.29. The lowest BCUT2D eigenvalue weighted by Crippen LogP contribution is -2.11. The van der Waals surface area contributed by atoms with Crippen LogP contribution in [0.2, 0.25) is 5.02 Å². The van der Waals surface area contributed by atoms with Gasteiger partial charge in [-0.05, 0) is 44.0 Å². The Morgan fingerprint density at radius 3 is 3.06 bits per heavy atom. The lowest BCUT2D eigenvalue weighted by molar-refractivity contribution is 0.283. The van der Waals surface area contributed by atoms with Gasteiger partial charge in [-0.25, -0.2) is 0 Å². The van der Waals surface area contributed by atoms with Crippen LogP contribution in [0.4, 0.5) is 0 Å². The van der Waals surface area contributed by atoms with E-state index in [9.17, 15) is 0 Å². The minimum absolute atomic E-state index is 0.451. The first-order valence-electron chi connectivity index (χ1n) is 5.83. The van der Waals surface area contributed by atoms with E-state index in [2.05, 4.69) is 5.32 Å². The van der Waals surface area contributed by atoms with Crippen LogP contribution in [-0.2, 0) is 0 Å². The first kappa shape index (κ1) is 12.2. The van der Waals surface area contributed by atoms with Crippen LogP contribution in [0.5, 0.6) is 5.75 Å². The minimum atomic E-state index is 0.451. The summed E-state index contributed by atoms with van der Waals surface area (Å²) in [4.78, 5) is 0. The Kier molecular flexibility index (Phi) is 4.24. The molecular weight excluding hydrogens is 236 g/mol. The van der Waals surface area contributed by atoms with Crippen LogP contribution in [0.15, 0.2) is 18.2 Å². The van der Waals surface area contributed by atoms with E-state index in [1.54, 1.807) is 18.2 Å². The molecule has 0 bridgehead atoms. The second-order valence-electron chi connectivity index (χ2n) is 4.25. The predicted octanol–water partition coefficient (Wildman–Crippen LogP) is 2.59. The zero-order valence-corrected chi connectivity index (χ0v) is 10.3. The maximum absolute atomic E-state index is 8.75. The fraction of sp³-hybridized carbons (Fsp3) is 0.462. The van der Waals surface area contributed by atoms with Crippen molar-refractivity contribution in [2.75, 3.05) is 19.7 Å². The third-order valence-electron chi connectivity index (χ3n) is 3.02. The van der Waals surface area contributed by atoms with Crippen LogP contribution in [0.25, 0.3) is 0 Å². The van der Waals surface area contributed by atoms with Gasteiger partial charge in [-0.3, -0.25) is 0 Å². The second kappa shape index (κ2) is 5.90. The molecule has 1 aliphatic heterocycles. The van der Waals surface area contributed by atoms with Crippen LogP contribution in [0.3, 0.4) is 0 Å². The summed E-state index contributed by atoms with van der Waals surface area (Å²) in [6, 6.07) is 7.21. The number of halogens is 1. The molecule has 2 rings (SSSR count). The molecule has 0 aliphatic carbocycles. The number of ether oxygens (including phenoxy) is 1. The van der Waals surface area contributed by atoms with E-state index in [1.807, 2.05) is 6.07 Å². The monoisotopic (exact) mass is 250 g/mol. The Labute approximate surface area is 106 Å². The molecule has 0 amide bonds. The first-order valence-corrected chi connectivity index (χ1v) is 6.20. The normalized spacial score (nSPS) is 18.9. The Balaban J connectivity index is 1.82. The number of hydrogen-bond donors (Lipinski definition) is 1. The second-order valence-corrected chi connectivity index (χ2v) is 4.66. The van der Waals surface area contributed by atoms with Crippen LogP contribution >= 0.6 is 11.6 Å². The van der Waals surface area contributed by atoms with Gasteiger partial charge in [0.25, 0.3) is 0 Å². The van der Waals surface area contributed by atoms with Crippen LogP contribution in [-0.4, -0.2) is 19.7 Å². The fourth-order valence-corrected chi connectivity index (χ4v) is 2.19. The summed E-state index contributed by atoms with van der Waals surface area (Å²) in [5.74, 6) is 1.46. The maximum atomic E-state index is 8.75. The number of benzene rings is 1. The van der Waals surface area contributed by atoms with E-state index in [4.69, 9.17) is 21.6 Å². The smallest absolute Gasteiger partial charge is 0.120 e.